The van der Waals surface area contributed by atoms with E-state index in [0.717, 1.165) is 26.2 Å². The second-order valence-corrected chi connectivity index (χ2v) is 4.50. The molecule has 14 heavy (non-hydrogen) atoms. The number of nitrogens with zero attached hydrogens (tertiary/aromatic N) is 2. The summed E-state index contributed by atoms with van der Waals surface area (Å²) in [4.78, 5) is 4.02. The minimum absolute atomic E-state index is 0.796. The number of hydrogen-bond acceptors (Lipinski definition) is 2. The van der Waals surface area contributed by atoms with E-state index in [4.69, 9.17) is 0 Å². The number of alkyl halides is 1. The van der Waals surface area contributed by atoms with Crippen LogP contribution in [-0.4, -0.2) is 42.4 Å². The van der Waals surface area contributed by atoms with Crippen molar-refractivity contribution >= 4 is 0 Å². The second-order valence-electron chi connectivity index (χ2n) is 4.50. The lowest BCUT2D eigenvalue weighted by Gasteiger charge is -2.38. The van der Waals surface area contributed by atoms with E-state index in [1.165, 1.54) is 38.5 Å². The van der Waals surface area contributed by atoms with Crippen molar-refractivity contribution < 1.29 is 4.39 Å². The number of piperidine rings is 2. The fourth-order valence-corrected chi connectivity index (χ4v) is 2.49. The summed E-state index contributed by atoms with van der Waals surface area (Å²) >= 11 is 0. The Balaban J connectivity index is 1.82. The van der Waals surface area contributed by atoms with Gasteiger partial charge in [0.2, 0.25) is 6.42 Å². The van der Waals surface area contributed by atoms with Crippen LogP contribution in [0.4, 0.5) is 4.39 Å². The molecule has 0 atom stereocenters. The molecule has 2 aliphatic heterocycles. The maximum absolute atomic E-state index is 14.0. The van der Waals surface area contributed by atoms with Crippen LogP contribution < -0.4 is 0 Å². The van der Waals surface area contributed by atoms with Gasteiger partial charge in [-0.15, -0.1) is 0 Å². The van der Waals surface area contributed by atoms with Gasteiger partial charge in [-0.3, -0.25) is 9.80 Å². The Hall–Kier alpha value is -0.150. The fourth-order valence-electron chi connectivity index (χ4n) is 2.49. The van der Waals surface area contributed by atoms with E-state index in [2.05, 4.69) is 0 Å². The van der Waals surface area contributed by atoms with Crippen LogP contribution >= 0.6 is 0 Å². The van der Waals surface area contributed by atoms with Gasteiger partial charge in [0.15, 0.2) is 0 Å². The van der Waals surface area contributed by atoms with Gasteiger partial charge in [-0.1, -0.05) is 12.8 Å². The van der Waals surface area contributed by atoms with Gasteiger partial charge in [-0.05, 0) is 25.7 Å². The summed E-state index contributed by atoms with van der Waals surface area (Å²) in [5.41, 5.74) is 0. The number of rotatable bonds is 2. The molecule has 0 amide bonds. The highest BCUT2D eigenvalue weighted by molar-refractivity contribution is 4.72. The van der Waals surface area contributed by atoms with Crippen LogP contribution in [0, 0.1) is 0 Å². The van der Waals surface area contributed by atoms with Crippen LogP contribution in [0.3, 0.4) is 0 Å². The molecule has 3 heteroatoms. The van der Waals surface area contributed by atoms with Crippen LogP contribution in [0.1, 0.15) is 38.5 Å². The van der Waals surface area contributed by atoms with Crippen molar-refractivity contribution in [1.82, 2.24) is 9.80 Å². The molecule has 0 aromatic carbocycles. The average molecular weight is 200 g/mol. The zero-order chi connectivity index (χ0) is 9.80. The Kier molecular flexibility index (Phi) is 3.76. The molecule has 0 bridgehead atoms. The first-order valence-corrected chi connectivity index (χ1v) is 6.00. The lowest BCUT2D eigenvalue weighted by Crippen LogP contribution is -2.49. The Morgan fingerprint density at radius 1 is 0.643 bits per heavy atom. The number of likely N-dealkylation sites (tertiary alicyclic amines) is 2. The van der Waals surface area contributed by atoms with Crippen LogP contribution in [0.25, 0.3) is 0 Å². The highest BCUT2D eigenvalue weighted by atomic mass is 19.1. The van der Waals surface area contributed by atoms with Crippen molar-refractivity contribution in [1.29, 1.82) is 0 Å². The normalized spacial score (nSPS) is 27.0. The van der Waals surface area contributed by atoms with Crippen LogP contribution in [-0.2, 0) is 0 Å². The summed E-state index contributed by atoms with van der Waals surface area (Å²) in [6.45, 7) is 3.82. The first-order valence-electron chi connectivity index (χ1n) is 6.00. The molecular formula is C11H21FN2. The lowest BCUT2D eigenvalue weighted by molar-refractivity contribution is -0.0680. The number of hydrogen-bond donors (Lipinski definition) is 0. The molecule has 0 aromatic heterocycles. The van der Waals surface area contributed by atoms with Crippen molar-refractivity contribution in [3.05, 3.63) is 0 Å². The molecule has 0 N–H and O–H groups in total. The molecule has 0 spiro atoms. The first kappa shape index (κ1) is 10.4. The van der Waals surface area contributed by atoms with E-state index < -0.39 is 6.42 Å². The van der Waals surface area contributed by atoms with Gasteiger partial charge in [0, 0.05) is 26.2 Å². The van der Waals surface area contributed by atoms with E-state index in [9.17, 15) is 4.39 Å². The predicted molar refractivity (Wildman–Crippen MR) is 55.7 cm³/mol. The quantitative estimate of drug-likeness (QED) is 0.631. The second kappa shape index (κ2) is 5.08. The third-order valence-electron chi connectivity index (χ3n) is 3.38. The molecule has 0 saturated carbocycles. The summed E-state index contributed by atoms with van der Waals surface area (Å²) in [7, 11) is 0. The summed E-state index contributed by atoms with van der Waals surface area (Å²) in [6.07, 6.45) is 6.47. The van der Waals surface area contributed by atoms with Gasteiger partial charge in [0.25, 0.3) is 0 Å². The molecule has 2 saturated heterocycles. The molecule has 2 rings (SSSR count). The van der Waals surface area contributed by atoms with Crippen LogP contribution in [0.5, 0.6) is 0 Å². The number of halogens is 1. The van der Waals surface area contributed by atoms with Gasteiger partial charge in [-0.25, -0.2) is 4.39 Å². The maximum Gasteiger partial charge on any atom is 0.210 e. The smallest absolute Gasteiger partial charge is 0.210 e. The lowest BCUT2D eigenvalue weighted by atomic mass is 10.1. The van der Waals surface area contributed by atoms with Crippen molar-refractivity contribution in [2.45, 2.75) is 44.9 Å². The molecule has 2 fully saturated rings. The monoisotopic (exact) mass is 200 g/mol. The van der Waals surface area contributed by atoms with Gasteiger partial charge in [0.05, 0.1) is 0 Å². The molecule has 2 aliphatic rings. The zero-order valence-electron chi connectivity index (χ0n) is 8.92. The standard InChI is InChI=1S/C11H21FN2/c12-11(13-7-3-1-4-8-13)14-9-5-2-6-10-14/h11H,1-10H2. The fraction of sp³-hybridized carbons (Fsp3) is 1.00. The predicted octanol–water partition coefficient (Wildman–Crippen LogP) is 2.21. The van der Waals surface area contributed by atoms with E-state index >= 15 is 0 Å². The summed E-state index contributed by atoms with van der Waals surface area (Å²) < 4.78 is 14.0. The van der Waals surface area contributed by atoms with Gasteiger partial charge >= 0.3 is 0 Å². The Bertz CT molecular complexity index is 145. The topological polar surface area (TPSA) is 6.48 Å². The van der Waals surface area contributed by atoms with Crippen LogP contribution in [0.15, 0.2) is 0 Å². The average Bonchev–Trinajstić information content (AvgIpc) is 2.30. The summed E-state index contributed by atoms with van der Waals surface area (Å²) in [6, 6.07) is 0. The molecule has 0 aliphatic carbocycles. The van der Waals surface area contributed by atoms with Crippen molar-refractivity contribution in [2.24, 2.45) is 0 Å². The molecule has 0 unspecified atom stereocenters. The van der Waals surface area contributed by atoms with E-state index in [1.54, 1.807) is 0 Å². The van der Waals surface area contributed by atoms with Gasteiger partial charge in [0.1, 0.15) is 0 Å². The summed E-state index contributed by atoms with van der Waals surface area (Å²) in [5.74, 6) is 0. The highest BCUT2D eigenvalue weighted by Crippen LogP contribution is 2.19. The molecule has 2 nitrogen and oxygen atoms in total. The molecule has 82 valence electrons. The van der Waals surface area contributed by atoms with Crippen molar-refractivity contribution in [3.63, 3.8) is 0 Å². The third-order valence-corrected chi connectivity index (χ3v) is 3.38. The molecule has 0 aromatic rings. The molecular weight excluding hydrogens is 179 g/mol. The summed E-state index contributed by atoms with van der Waals surface area (Å²) in [5, 5.41) is 0. The van der Waals surface area contributed by atoms with Crippen molar-refractivity contribution in [3.8, 4) is 0 Å². The van der Waals surface area contributed by atoms with Crippen LogP contribution in [0.2, 0.25) is 0 Å². The largest absolute Gasteiger partial charge is 0.261 e. The van der Waals surface area contributed by atoms with Gasteiger partial charge < -0.3 is 0 Å². The Morgan fingerprint density at radius 2 is 1.00 bits per heavy atom. The molecule has 2 heterocycles. The van der Waals surface area contributed by atoms with E-state index in [-0.39, 0.29) is 0 Å². The van der Waals surface area contributed by atoms with E-state index in [1.807, 2.05) is 9.80 Å². The van der Waals surface area contributed by atoms with E-state index in [0.29, 0.717) is 0 Å². The molecule has 0 radical (unpaired) electrons. The minimum atomic E-state index is -0.796. The zero-order valence-corrected chi connectivity index (χ0v) is 8.92. The maximum atomic E-state index is 14.0. The SMILES string of the molecule is FC(N1CCCCC1)N1CCCCC1. The third kappa shape index (κ3) is 2.45. The van der Waals surface area contributed by atoms with Crippen molar-refractivity contribution in [2.75, 3.05) is 26.2 Å². The first-order chi connectivity index (χ1) is 6.88. The highest BCUT2D eigenvalue weighted by Gasteiger charge is 2.26. The minimum Gasteiger partial charge on any atom is -0.261 e. The Morgan fingerprint density at radius 3 is 1.36 bits per heavy atom. The van der Waals surface area contributed by atoms with Gasteiger partial charge in [-0.2, -0.15) is 0 Å². The Labute approximate surface area is 86.1 Å².